The second-order valence-corrected chi connectivity index (χ2v) is 4.17. The molecule has 21 heavy (non-hydrogen) atoms. The Balaban J connectivity index is 1.97. The second kappa shape index (κ2) is 7.58. The molecule has 0 amide bonds. The van der Waals surface area contributed by atoms with Gasteiger partial charge in [-0.05, 0) is 24.6 Å². The van der Waals surface area contributed by atoms with E-state index < -0.39 is 6.61 Å². The number of benzene rings is 1. The van der Waals surface area contributed by atoms with Crippen LogP contribution >= 0.6 is 0 Å². The van der Waals surface area contributed by atoms with Gasteiger partial charge in [-0.25, -0.2) is 0 Å². The van der Waals surface area contributed by atoms with Crippen molar-refractivity contribution >= 4 is 0 Å². The smallest absolute Gasteiger partial charge is 0.387 e. The molecule has 1 aromatic heterocycles. The first-order chi connectivity index (χ1) is 10.2. The number of alkyl halides is 2. The zero-order valence-electron chi connectivity index (χ0n) is 11.5. The zero-order chi connectivity index (χ0) is 15.1. The summed E-state index contributed by atoms with van der Waals surface area (Å²) >= 11 is 0. The summed E-state index contributed by atoms with van der Waals surface area (Å²) < 4.78 is 39.3. The van der Waals surface area contributed by atoms with Crippen LogP contribution in [0.1, 0.15) is 18.2 Å². The van der Waals surface area contributed by atoms with Crippen molar-refractivity contribution in [3.05, 3.63) is 41.8 Å². The fourth-order valence-electron chi connectivity index (χ4n) is 1.79. The fourth-order valence-corrected chi connectivity index (χ4v) is 1.79. The molecule has 0 saturated heterocycles. The summed E-state index contributed by atoms with van der Waals surface area (Å²) in [7, 11) is 0. The van der Waals surface area contributed by atoms with Crippen molar-refractivity contribution in [2.24, 2.45) is 0 Å². The summed E-state index contributed by atoms with van der Waals surface area (Å²) in [5.74, 6) is 1.06. The maximum Gasteiger partial charge on any atom is 0.387 e. The average Bonchev–Trinajstić information content (AvgIpc) is 2.94. The van der Waals surface area contributed by atoms with Gasteiger partial charge >= 0.3 is 6.61 Å². The summed E-state index contributed by atoms with van der Waals surface area (Å²) in [4.78, 5) is 0. The molecule has 5 nitrogen and oxygen atoms in total. The highest BCUT2D eigenvalue weighted by molar-refractivity contribution is 5.43. The summed E-state index contributed by atoms with van der Waals surface area (Å²) in [6.07, 6.45) is 1.57. The number of hydrogen-bond donors (Lipinski definition) is 1. The minimum absolute atomic E-state index is 0.0332. The largest absolute Gasteiger partial charge is 0.490 e. The molecule has 0 aliphatic carbocycles. The van der Waals surface area contributed by atoms with Crippen LogP contribution in [0.25, 0.3) is 0 Å². The number of ether oxygens (including phenoxy) is 2. The molecule has 1 N–H and O–H groups in total. The van der Waals surface area contributed by atoms with Crippen molar-refractivity contribution in [3.8, 4) is 11.5 Å². The molecule has 0 spiro atoms. The van der Waals surface area contributed by atoms with Gasteiger partial charge < -0.3 is 19.3 Å². The van der Waals surface area contributed by atoms with Gasteiger partial charge in [-0.3, -0.25) is 0 Å². The van der Waals surface area contributed by atoms with Gasteiger partial charge in [-0.1, -0.05) is 11.2 Å². The van der Waals surface area contributed by atoms with Crippen LogP contribution in [0.4, 0.5) is 8.78 Å². The van der Waals surface area contributed by atoms with Crippen molar-refractivity contribution in [3.63, 3.8) is 0 Å². The summed E-state index contributed by atoms with van der Waals surface area (Å²) in [5.41, 5.74) is 0.889. The van der Waals surface area contributed by atoms with Gasteiger partial charge in [0.1, 0.15) is 5.76 Å². The predicted octanol–water partition coefficient (Wildman–Crippen LogP) is 2.96. The third-order valence-electron chi connectivity index (χ3n) is 2.64. The van der Waals surface area contributed by atoms with Crippen molar-refractivity contribution < 1.29 is 22.8 Å². The summed E-state index contributed by atoms with van der Waals surface area (Å²) in [5, 5.41) is 6.76. The molecule has 2 rings (SSSR count). The van der Waals surface area contributed by atoms with Crippen molar-refractivity contribution in [1.82, 2.24) is 10.5 Å². The molecule has 0 aliphatic rings. The minimum Gasteiger partial charge on any atom is -0.490 e. The van der Waals surface area contributed by atoms with Crippen LogP contribution in [-0.4, -0.2) is 18.4 Å². The van der Waals surface area contributed by atoms with Crippen LogP contribution in [0, 0.1) is 0 Å². The summed E-state index contributed by atoms with van der Waals surface area (Å²) in [6, 6.07) is 6.61. The van der Waals surface area contributed by atoms with E-state index in [2.05, 4.69) is 15.2 Å². The molecular weight excluding hydrogens is 282 g/mol. The lowest BCUT2D eigenvalue weighted by molar-refractivity contribution is -0.0514. The van der Waals surface area contributed by atoms with E-state index >= 15 is 0 Å². The van der Waals surface area contributed by atoms with E-state index in [0.717, 1.165) is 11.3 Å². The molecule has 0 bridgehead atoms. The van der Waals surface area contributed by atoms with Gasteiger partial charge in [0.05, 0.1) is 19.3 Å². The number of nitrogens with zero attached hydrogens (tertiary/aromatic N) is 1. The Morgan fingerprint density at radius 2 is 2.10 bits per heavy atom. The molecule has 0 saturated carbocycles. The highest BCUT2D eigenvalue weighted by Crippen LogP contribution is 2.29. The van der Waals surface area contributed by atoms with Crippen LogP contribution in [0.3, 0.4) is 0 Å². The highest BCUT2D eigenvalue weighted by Gasteiger charge is 2.11. The highest BCUT2D eigenvalue weighted by atomic mass is 19.3. The number of rotatable bonds is 8. The lowest BCUT2D eigenvalue weighted by Gasteiger charge is -2.13. The predicted molar refractivity (Wildman–Crippen MR) is 71.3 cm³/mol. The molecule has 0 atom stereocenters. The van der Waals surface area contributed by atoms with Crippen molar-refractivity contribution in [2.45, 2.75) is 26.6 Å². The fraction of sp³-hybridized carbons (Fsp3) is 0.357. The first kappa shape index (κ1) is 15.2. The number of hydrogen-bond acceptors (Lipinski definition) is 5. The van der Waals surface area contributed by atoms with E-state index in [1.807, 2.05) is 0 Å². The molecule has 0 radical (unpaired) electrons. The van der Waals surface area contributed by atoms with Crippen LogP contribution in [0.5, 0.6) is 11.5 Å². The molecule has 114 valence electrons. The molecule has 0 aliphatic heterocycles. The second-order valence-electron chi connectivity index (χ2n) is 4.17. The maximum atomic E-state index is 12.3. The molecule has 2 aromatic rings. The average molecular weight is 298 g/mol. The first-order valence-electron chi connectivity index (χ1n) is 6.50. The van der Waals surface area contributed by atoms with Crippen LogP contribution < -0.4 is 14.8 Å². The molecule has 7 heteroatoms. The first-order valence-corrected chi connectivity index (χ1v) is 6.50. The Morgan fingerprint density at radius 3 is 2.76 bits per heavy atom. The topological polar surface area (TPSA) is 56.5 Å². The molecule has 0 unspecified atom stereocenters. The zero-order valence-corrected chi connectivity index (χ0v) is 11.5. The van der Waals surface area contributed by atoms with Crippen LogP contribution in [0.2, 0.25) is 0 Å². The molecule has 1 heterocycles. The van der Waals surface area contributed by atoms with Gasteiger partial charge in [-0.15, -0.1) is 0 Å². The van der Waals surface area contributed by atoms with E-state index in [1.165, 1.54) is 6.07 Å². The quantitative estimate of drug-likeness (QED) is 0.812. The van der Waals surface area contributed by atoms with Crippen LogP contribution in [-0.2, 0) is 13.1 Å². The van der Waals surface area contributed by atoms with E-state index in [4.69, 9.17) is 9.26 Å². The van der Waals surface area contributed by atoms with Gasteiger partial charge in [0.25, 0.3) is 0 Å². The molecule has 1 aromatic carbocycles. The monoisotopic (exact) mass is 298 g/mol. The number of nitrogens with one attached hydrogen (secondary N) is 1. The van der Waals surface area contributed by atoms with Crippen molar-refractivity contribution in [1.29, 1.82) is 0 Å². The SMILES string of the molecule is CCOc1cc(CNCc2ccno2)ccc1OC(F)F. The Morgan fingerprint density at radius 1 is 1.24 bits per heavy atom. The lowest BCUT2D eigenvalue weighted by Crippen LogP contribution is -2.12. The Hall–Kier alpha value is -2.15. The van der Waals surface area contributed by atoms with E-state index in [0.29, 0.717) is 25.4 Å². The third kappa shape index (κ3) is 4.71. The third-order valence-corrected chi connectivity index (χ3v) is 2.64. The normalized spacial score (nSPS) is 10.9. The van der Waals surface area contributed by atoms with Gasteiger partial charge in [-0.2, -0.15) is 8.78 Å². The lowest BCUT2D eigenvalue weighted by atomic mass is 10.2. The van der Waals surface area contributed by atoms with E-state index in [9.17, 15) is 8.78 Å². The Labute approximate surface area is 120 Å². The minimum atomic E-state index is -2.88. The molecular formula is C14H16F2N2O3. The molecule has 0 fully saturated rings. The van der Waals surface area contributed by atoms with Crippen LogP contribution in [0.15, 0.2) is 35.0 Å². The van der Waals surface area contributed by atoms with E-state index in [1.54, 1.807) is 31.3 Å². The number of halogens is 2. The maximum absolute atomic E-state index is 12.3. The van der Waals surface area contributed by atoms with E-state index in [-0.39, 0.29) is 5.75 Å². The van der Waals surface area contributed by atoms with Gasteiger partial charge in [0.15, 0.2) is 11.5 Å². The van der Waals surface area contributed by atoms with Crippen molar-refractivity contribution in [2.75, 3.05) is 6.61 Å². The van der Waals surface area contributed by atoms with Gasteiger partial charge in [0.2, 0.25) is 0 Å². The standard InChI is InChI=1S/C14H16F2N2O3/c1-2-19-13-7-10(3-4-12(13)20-14(15)16)8-17-9-11-5-6-18-21-11/h3-7,14,17H,2,8-9H2,1H3. The summed E-state index contributed by atoms with van der Waals surface area (Å²) in [6.45, 7) is 0.337. The Kier molecular flexibility index (Phi) is 5.51. The van der Waals surface area contributed by atoms with Gasteiger partial charge in [0, 0.05) is 12.6 Å². The Bertz CT molecular complexity index is 547. The number of aromatic nitrogens is 1.